The largest absolute Gasteiger partial charge is 0.386 e. The molecule has 1 aromatic rings. The van der Waals surface area contributed by atoms with E-state index in [1.54, 1.807) is 36.4 Å². The second-order valence-corrected chi connectivity index (χ2v) is 5.89. The molecule has 0 aromatic heterocycles. The van der Waals surface area contributed by atoms with E-state index in [0.717, 1.165) is 5.70 Å². The van der Waals surface area contributed by atoms with E-state index in [1.165, 1.54) is 0 Å². The van der Waals surface area contributed by atoms with Crippen molar-refractivity contribution in [3.05, 3.63) is 59.3 Å². The average molecular weight is 319 g/mol. The summed E-state index contributed by atoms with van der Waals surface area (Å²) >= 11 is 5.60. The lowest BCUT2D eigenvalue weighted by Gasteiger charge is -2.30. The van der Waals surface area contributed by atoms with Crippen LogP contribution in [0.15, 0.2) is 48.2 Å². The monoisotopic (exact) mass is 318 g/mol. The minimum Gasteiger partial charge on any atom is -0.386 e. The Morgan fingerprint density at radius 1 is 1.18 bits per heavy atom. The number of nitrogens with two attached hydrogens (primary N) is 1. The molecule has 0 fully saturated rings. The molecule has 0 heterocycles. The number of aliphatic hydroxyl groups is 1. The number of ketones is 2. The van der Waals surface area contributed by atoms with Crippen LogP contribution in [0.3, 0.4) is 0 Å². The maximum Gasteiger partial charge on any atom is 0.177 e. The predicted molar refractivity (Wildman–Crippen MR) is 82.8 cm³/mol. The minimum atomic E-state index is -0.645. The maximum absolute atomic E-state index is 12.8. The van der Waals surface area contributed by atoms with Crippen LogP contribution in [0, 0.1) is 11.8 Å². The van der Waals surface area contributed by atoms with Gasteiger partial charge in [0.1, 0.15) is 24.3 Å². The molecule has 0 spiro atoms. The maximum atomic E-state index is 12.8. The van der Waals surface area contributed by atoms with Gasteiger partial charge in [0.2, 0.25) is 0 Å². The van der Waals surface area contributed by atoms with E-state index < -0.39 is 17.9 Å². The molecule has 0 amide bonds. The van der Waals surface area contributed by atoms with Gasteiger partial charge in [0.15, 0.2) is 11.6 Å². The first-order chi connectivity index (χ1) is 10.6. The second kappa shape index (κ2) is 6.16. The zero-order chi connectivity index (χ0) is 15.7. The van der Waals surface area contributed by atoms with Crippen LogP contribution in [-0.2, 0) is 0 Å². The fourth-order valence-electron chi connectivity index (χ4n) is 3.05. The topological polar surface area (TPSA) is 71.0 Å². The summed E-state index contributed by atoms with van der Waals surface area (Å²) in [7, 11) is 0. The Labute approximate surface area is 133 Å². The number of allylic oxidation sites excluding steroid dienone is 4. The molecular weight excluding hydrogens is 302 g/mol. The van der Waals surface area contributed by atoms with Crippen LogP contribution in [0.5, 0.6) is 0 Å². The molecule has 0 unspecified atom stereocenters. The highest BCUT2D eigenvalue weighted by atomic mass is 35.5. The molecule has 5 heteroatoms. The Morgan fingerprint density at radius 2 is 1.86 bits per heavy atom. The third-order valence-corrected chi connectivity index (χ3v) is 4.53. The molecule has 3 N–H and O–H groups in total. The zero-order valence-electron chi connectivity index (χ0n) is 11.9. The summed E-state index contributed by atoms with van der Waals surface area (Å²) in [6.45, 7) is 0.371. The fraction of sp³-hybridized carbons (Fsp3) is 0.294. The first-order valence-corrected chi connectivity index (χ1v) is 7.80. The van der Waals surface area contributed by atoms with Crippen molar-refractivity contribution in [2.45, 2.75) is 6.10 Å². The van der Waals surface area contributed by atoms with Gasteiger partial charge in [0.25, 0.3) is 0 Å². The van der Waals surface area contributed by atoms with Crippen LogP contribution in [-0.4, -0.2) is 35.2 Å². The van der Waals surface area contributed by atoms with Crippen LogP contribution in [0.1, 0.15) is 20.7 Å². The van der Waals surface area contributed by atoms with Gasteiger partial charge < -0.3 is 10.4 Å². The Bertz CT molecular complexity index is 680. The van der Waals surface area contributed by atoms with Crippen LogP contribution in [0.4, 0.5) is 0 Å². The van der Waals surface area contributed by atoms with E-state index in [-0.39, 0.29) is 17.4 Å². The third-order valence-electron chi connectivity index (χ3n) is 4.17. The number of hydrogen-bond acceptors (Lipinski definition) is 3. The molecular formula is C17H17ClNO3+. The molecule has 0 saturated carbocycles. The number of hydrogen-bond donors (Lipinski definition) is 2. The van der Waals surface area contributed by atoms with E-state index >= 15 is 0 Å². The van der Waals surface area contributed by atoms with Gasteiger partial charge in [-0.25, -0.2) is 0 Å². The molecule has 4 nitrogen and oxygen atoms in total. The molecule has 3 atom stereocenters. The number of fused-ring (bicyclic) bond motifs is 2. The molecule has 0 aliphatic heterocycles. The van der Waals surface area contributed by atoms with Gasteiger partial charge in [-0.2, -0.15) is 0 Å². The third kappa shape index (κ3) is 2.54. The smallest absolute Gasteiger partial charge is 0.177 e. The lowest BCUT2D eigenvalue weighted by Crippen LogP contribution is -2.86. The standard InChI is InChI=1S/C17H16ClNO3/c18-8-10(20)9-19-14-7-3-6-13-15(14)17(22)12-5-2-1-4-11(12)16(13)21/h1-7,10,13,15,19-20H,8-9H2/p+1/t10-,13+,15+/m1/s1. The van der Waals surface area contributed by atoms with Crippen molar-refractivity contribution >= 4 is 23.2 Å². The van der Waals surface area contributed by atoms with E-state index in [0.29, 0.717) is 17.7 Å². The van der Waals surface area contributed by atoms with Gasteiger partial charge >= 0.3 is 0 Å². The van der Waals surface area contributed by atoms with E-state index in [2.05, 4.69) is 0 Å². The summed E-state index contributed by atoms with van der Waals surface area (Å²) in [6.07, 6.45) is 4.78. The SMILES string of the molecule is O=C1c2ccccc2C(=O)[C@H]2C=CC=C([NH2+]C[C@H](O)CCl)[C@@H]12. The number of rotatable bonds is 4. The number of carbonyl (C=O) groups excluding carboxylic acids is 2. The summed E-state index contributed by atoms with van der Waals surface area (Å²) in [4.78, 5) is 25.4. The van der Waals surface area contributed by atoms with E-state index in [4.69, 9.17) is 11.6 Å². The minimum absolute atomic E-state index is 0.0201. The van der Waals surface area contributed by atoms with Crippen molar-refractivity contribution in [3.63, 3.8) is 0 Å². The van der Waals surface area contributed by atoms with Gasteiger partial charge in [-0.15, -0.1) is 11.6 Å². The number of aliphatic hydroxyl groups excluding tert-OH is 1. The van der Waals surface area contributed by atoms with Gasteiger partial charge in [-0.05, 0) is 6.08 Å². The molecule has 2 aliphatic carbocycles. The van der Waals surface area contributed by atoms with Crippen molar-refractivity contribution < 1.29 is 20.0 Å². The number of Topliss-reactive ketones (excluding diaryl/α,β-unsaturated/α-hetero) is 2. The predicted octanol–water partition coefficient (Wildman–Crippen LogP) is 0.915. The van der Waals surface area contributed by atoms with Gasteiger partial charge in [-0.1, -0.05) is 36.4 Å². The van der Waals surface area contributed by atoms with Crippen LogP contribution < -0.4 is 5.32 Å². The summed E-state index contributed by atoms with van der Waals surface area (Å²) in [5, 5.41) is 11.4. The quantitative estimate of drug-likeness (QED) is 0.811. The average Bonchev–Trinajstić information content (AvgIpc) is 2.57. The number of carbonyl (C=O) groups is 2. The first-order valence-electron chi connectivity index (χ1n) is 7.26. The van der Waals surface area contributed by atoms with Crippen molar-refractivity contribution in [3.8, 4) is 0 Å². The summed E-state index contributed by atoms with van der Waals surface area (Å²) in [6, 6.07) is 6.96. The highest BCUT2D eigenvalue weighted by molar-refractivity contribution is 6.18. The van der Waals surface area contributed by atoms with Crippen molar-refractivity contribution in [2.24, 2.45) is 11.8 Å². The first kappa shape index (κ1) is 15.2. The Morgan fingerprint density at radius 3 is 2.55 bits per heavy atom. The molecule has 2 aliphatic rings. The van der Waals surface area contributed by atoms with Gasteiger partial charge in [0, 0.05) is 11.1 Å². The Balaban J connectivity index is 1.92. The van der Waals surface area contributed by atoms with E-state index in [9.17, 15) is 14.7 Å². The normalized spacial score (nSPS) is 24.5. The van der Waals surface area contributed by atoms with E-state index in [1.807, 2.05) is 11.4 Å². The molecule has 0 bridgehead atoms. The molecule has 0 radical (unpaired) electrons. The molecule has 1 aromatic carbocycles. The van der Waals surface area contributed by atoms with Gasteiger partial charge in [-0.3, -0.25) is 9.59 Å². The number of quaternary nitrogens is 1. The molecule has 3 rings (SSSR count). The number of benzene rings is 1. The Kier molecular flexibility index (Phi) is 4.25. The lowest BCUT2D eigenvalue weighted by atomic mass is 9.71. The van der Waals surface area contributed by atoms with Gasteiger partial charge in [0.05, 0.1) is 11.8 Å². The molecule has 22 heavy (non-hydrogen) atoms. The number of halogens is 1. The van der Waals surface area contributed by atoms with Crippen LogP contribution in [0.25, 0.3) is 0 Å². The molecule has 114 valence electrons. The summed E-state index contributed by atoms with van der Waals surface area (Å²) in [5.74, 6) is -0.855. The van der Waals surface area contributed by atoms with Crippen LogP contribution >= 0.6 is 11.6 Å². The van der Waals surface area contributed by atoms with Crippen molar-refractivity contribution in [1.29, 1.82) is 0 Å². The zero-order valence-corrected chi connectivity index (χ0v) is 12.7. The van der Waals surface area contributed by atoms with Crippen molar-refractivity contribution in [2.75, 3.05) is 12.4 Å². The highest BCUT2D eigenvalue weighted by Gasteiger charge is 2.44. The van der Waals surface area contributed by atoms with Crippen molar-refractivity contribution in [1.82, 2.24) is 0 Å². The molecule has 0 saturated heterocycles. The number of alkyl halides is 1. The second-order valence-electron chi connectivity index (χ2n) is 5.58. The Hall–Kier alpha value is -1.75. The van der Waals surface area contributed by atoms with Crippen LogP contribution in [0.2, 0.25) is 0 Å². The highest BCUT2D eigenvalue weighted by Crippen LogP contribution is 2.35. The lowest BCUT2D eigenvalue weighted by molar-refractivity contribution is -0.618. The fourth-order valence-corrected chi connectivity index (χ4v) is 3.18. The summed E-state index contributed by atoms with van der Waals surface area (Å²) in [5.41, 5.74) is 1.77. The summed E-state index contributed by atoms with van der Waals surface area (Å²) < 4.78 is 0.